The molecule has 172 valence electrons. The van der Waals surface area contributed by atoms with Crippen LogP contribution in [0.25, 0.3) is 0 Å². The van der Waals surface area contributed by atoms with Gasteiger partial charge in [0.1, 0.15) is 18.2 Å². The van der Waals surface area contributed by atoms with Gasteiger partial charge in [-0.15, -0.1) is 0 Å². The van der Waals surface area contributed by atoms with Crippen molar-refractivity contribution >= 4 is 17.5 Å². The Kier molecular flexibility index (Phi) is 7.82. The van der Waals surface area contributed by atoms with Crippen LogP contribution in [0.1, 0.15) is 34.6 Å². The summed E-state index contributed by atoms with van der Waals surface area (Å²) in [7, 11) is 3.36. The lowest BCUT2D eigenvalue weighted by molar-refractivity contribution is 0.0281. The first-order valence-electron chi connectivity index (χ1n) is 10.6. The minimum absolute atomic E-state index is 0.0717. The van der Waals surface area contributed by atoms with Crippen LogP contribution in [0.15, 0.2) is 42.5 Å². The van der Waals surface area contributed by atoms with Gasteiger partial charge in [0.2, 0.25) is 0 Å². The zero-order valence-corrected chi connectivity index (χ0v) is 18.9. The van der Waals surface area contributed by atoms with Crippen LogP contribution in [-0.4, -0.2) is 62.7 Å². The van der Waals surface area contributed by atoms with E-state index in [1.165, 1.54) is 18.2 Å². The van der Waals surface area contributed by atoms with Gasteiger partial charge in [0.25, 0.3) is 11.8 Å². The number of nitrogens with zero attached hydrogens (tertiary/aromatic N) is 1. The fourth-order valence-corrected chi connectivity index (χ4v) is 3.57. The third-order valence-corrected chi connectivity index (χ3v) is 5.57. The average Bonchev–Trinajstić information content (AvgIpc) is 2.78. The van der Waals surface area contributed by atoms with Crippen LogP contribution in [0.4, 0.5) is 10.1 Å². The van der Waals surface area contributed by atoms with Crippen LogP contribution in [0.5, 0.6) is 5.75 Å². The number of fused-ring (bicyclic) bond motifs is 1. The molecule has 7 nitrogen and oxygen atoms in total. The highest BCUT2D eigenvalue weighted by molar-refractivity contribution is 6.05. The van der Waals surface area contributed by atoms with E-state index < -0.39 is 11.7 Å². The molecular weight excluding hydrogens is 413 g/mol. The van der Waals surface area contributed by atoms with Gasteiger partial charge in [-0.1, -0.05) is 13.0 Å². The molecule has 3 atom stereocenters. The van der Waals surface area contributed by atoms with Gasteiger partial charge in [-0.25, -0.2) is 4.39 Å². The minimum Gasteiger partial charge on any atom is -0.491 e. The second-order valence-corrected chi connectivity index (χ2v) is 8.23. The third-order valence-electron chi connectivity index (χ3n) is 5.57. The Morgan fingerprint density at radius 2 is 2.03 bits per heavy atom. The van der Waals surface area contributed by atoms with E-state index in [2.05, 4.69) is 17.6 Å². The molecule has 32 heavy (non-hydrogen) atoms. The lowest BCUT2D eigenvalue weighted by Gasteiger charge is -2.30. The molecule has 3 rings (SSSR count). The van der Waals surface area contributed by atoms with Gasteiger partial charge in [0.15, 0.2) is 0 Å². The second kappa shape index (κ2) is 10.6. The highest BCUT2D eigenvalue weighted by Crippen LogP contribution is 2.26. The highest BCUT2D eigenvalue weighted by Gasteiger charge is 2.25. The number of amides is 2. The number of carbonyl (C=O) groups excluding carboxylic acids is 2. The molecule has 0 aliphatic carbocycles. The molecule has 0 radical (unpaired) electrons. The molecule has 1 aliphatic rings. The Hall–Kier alpha value is -2.97. The van der Waals surface area contributed by atoms with Crippen molar-refractivity contribution in [2.75, 3.05) is 39.2 Å². The van der Waals surface area contributed by atoms with Crippen LogP contribution >= 0.6 is 0 Å². The van der Waals surface area contributed by atoms with Gasteiger partial charge in [-0.2, -0.15) is 0 Å². The van der Waals surface area contributed by atoms with Gasteiger partial charge >= 0.3 is 0 Å². The van der Waals surface area contributed by atoms with Crippen LogP contribution < -0.4 is 15.4 Å². The monoisotopic (exact) mass is 443 g/mol. The molecule has 2 aromatic rings. The van der Waals surface area contributed by atoms with Crippen molar-refractivity contribution in [3.05, 3.63) is 59.4 Å². The van der Waals surface area contributed by atoms with Crippen molar-refractivity contribution in [3.63, 3.8) is 0 Å². The lowest BCUT2D eigenvalue weighted by Crippen LogP contribution is -2.44. The summed E-state index contributed by atoms with van der Waals surface area (Å²) in [5.41, 5.74) is 0.937. The van der Waals surface area contributed by atoms with Gasteiger partial charge < -0.3 is 25.0 Å². The second-order valence-electron chi connectivity index (χ2n) is 8.23. The molecule has 1 aliphatic heterocycles. The first-order valence-corrected chi connectivity index (χ1v) is 10.6. The van der Waals surface area contributed by atoms with Crippen LogP contribution in [-0.2, 0) is 4.74 Å². The topological polar surface area (TPSA) is 79.9 Å². The molecule has 0 unspecified atom stereocenters. The largest absolute Gasteiger partial charge is 0.491 e. The summed E-state index contributed by atoms with van der Waals surface area (Å²) in [6.07, 6.45) is -0.136. The van der Waals surface area contributed by atoms with Crippen molar-refractivity contribution in [2.45, 2.75) is 26.0 Å². The van der Waals surface area contributed by atoms with Gasteiger partial charge in [-0.3, -0.25) is 9.59 Å². The zero-order chi connectivity index (χ0) is 23.3. The maximum Gasteiger partial charge on any atom is 0.257 e. The van der Waals surface area contributed by atoms with E-state index in [0.29, 0.717) is 30.2 Å². The smallest absolute Gasteiger partial charge is 0.257 e. The maximum absolute atomic E-state index is 13.5. The Balaban J connectivity index is 1.89. The molecule has 0 spiro atoms. The van der Waals surface area contributed by atoms with E-state index in [1.54, 1.807) is 37.3 Å². The SMILES string of the molecule is CO[C@@H]1CN(C)C(=O)c2cc(NC(=O)c3cccc(F)c3)ccc2OC[C@@H](C)NC[C@@H]1C. The number of methoxy groups -OCH3 is 1. The average molecular weight is 444 g/mol. The van der Waals surface area contributed by atoms with Gasteiger partial charge in [0, 0.05) is 44.5 Å². The van der Waals surface area contributed by atoms with Gasteiger partial charge in [0.05, 0.1) is 11.7 Å². The summed E-state index contributed by atoms with van der Waals surface area (Å²) in [6, 6.07) is 10.4. The molecule has 1 heterocycles. The number of likely N-dealkylation sites (N-methyl/N-ethyl adjacent to an activating group) is 1. The maximum atomic E-state index is 13.5. The molecule has 0 saturated heterocycles. The predicted molar refractivity (Wildman–Crippen MR) is 121 cm³/mol. The Morgan fingerprint density at radius 3 is 2.75 bits per heavy atom. The summed E-state index contributed by atoms with van der Waals surface area (Å²) in [4.78, 5) is 27.4. The number of hydrogen-bond acceptors (Lipinski definition) is 5. The fourth-order valence-electron chi connectivity index (χ4n) is 3.57. The van der Waals surface area contributed by atoms with Crippen molar-refractivity contribution in [1.29, 1.82) is 0 Å². The number of nitrogens with one attached hydrogen (secondary N) is 2. The van der Waals surface area contributed by atoms with E-state index in [4.69, 9.17) is 9.47 Å². The lowest BCUT2D eigenvalue weighted by atomic mass is 10.0. The molecule has 2 amide bonds. The van der Waals surface area contributed by atoms with E-state index in [0.717, 1.165) is 12.6 Å². The van der Waals surface area contributed by atoms with Crippen LogP contribution in [0.3, 0.4) is 0 Å². The number of anilines is 1. The Morgan fingerprint density at radius 1 is 1.25 bits per heavy atom. The fraction of sp³-hybridized carbons (Fsp3) is 0.417. The highest BCUT2D eigenvalue weighted by atomic mass is 19.1. The van der Waals surface area contributed by atoms with E-state index >= 15 is 0 Å². The predicted octanol–water partition coefficient (Wildman–Crippen LogP) is 3.17. The number of benzene rings is 2. The van der Waals surface area contributed by atoms with E-state index in [1.807, 2.05) is 6.92 Å². The first kappa shape index (κ1) is 23.7. The molecule has 0 bridgehead atoms. The summed E-state index contributed by atoms with van der Waals surface area (Å²) in [5.74, 6) is -0.581. The minimum atomic E-state index is -0.495. The molecule has 2 N–H and O–H groups in total. The molecular formula is C24H30FN3O4. The zero-order valence-electron chi connectivity index (χ0n) is 18.9. The summed E-state index contributed by atoms with van der Waals surface area (Å²) >= 11 is 0. The number of ether oxygens (including phenoxy) is 2. The van der Waals surface area contributed by atoms with Crippen molar-refractivity contribution < 1.29 is 23.5 Å². The number of carbonyl (C=O) groups is 2. The van der Waals surface area contributed by atoms with E-state index in [-0.39, 0.29) is 29.5 Å². The molecule has 2 aromatic carbocycles. The van der Waals surface area contributed by atoms with Gasteiger partial charge in [-0.05, 0) is 49.2 Å². The van der Waals surface area contributed by atoms with Crippen molar-refractivity contribution in [2.24, 2.45) is 5.92 Å². The molecule has 0 saturated carbocycles. The van der Waals surface area contributed by atoms with Crippen molar-refractivity contribution in [1.82, 2.24) is 10.2 Å². The molecule has 0 aromatic heterocycles. The quantitative estimate of drug-likeness (QED) is 0.762. The molecule has 0 fully saturated rings. The summed E-state index contributed by atoms with van der Waals surface area (Å²) in [6.45, 7) is 5.62. The van der Waals surface area contributed by atoms with Crippen molar-refractivity contribution in [3.8, 4) is 5.75 Å². The first-order chi connectivity index (χ1) is 15.3. The molecule has 8 heteroatoms. The standard InChI is InChI=1S/C24H30FN3O4/c1-15-12-26-16(2)14-32-21-9-8-19(27-23(29)17-6-5-7-18(25)10-17)11-20(21)24(30)28(3)13-22(15)31-4/h5-11,15-16,22,26H,12-14H2,1-4H3,(H,27,29)/t15-,16+,22+/m0/s1. The van der Waals surface area contributed by atoms with Crippen LogP contribution in [0.2, 0.25) is 0 Å². The summed E-state index contributed by atoms with van der Waals surface area (Å²) < 4.78 is 25.0. The third kappa shape index (κ3) is 5.83. The number of halogens is 1. The Labute approximate surface area is 187 Å². The van der Waals surface area contributed by atoms with Crippen LogP contribution in [0, 0.1) is 11.7 Å². The normalized spacial score (nSPS) is 22.2. The number of rotatable bonds is 3. The number of hydrogen-bond donors (Lipinski definition) is 2. The summed E-state index contributed by atoms with van der Waals surface area (Å²) in [5, 5.41) is 6.16. The van der Waals surface area contributed by atoms with E-state index in [9.17, 15) is 14.0 Å². The Bertz CT molecular complexity index is 968.